The summed E-state index contributed by atoms with van der Waals surface area (Å²) in [6.45, 7) is 3.28. The van der Waals surface area contributed by atoms with Crippen LogP contribution in [0.4, 0.5) is 4.39 Å². The predicted molar refractivity (Wildman–Crippen MR) is 52.5 cm³/mol. The summed E-state index contributed by atoms with van der Waals surface area (Å²) in [6, 6.07) is 3.10. The Morgan fingerprint density at radius 1 is 1.27 bits per heavy atom. The van der Waals surface area contributed by atoms with E-state index in [0.717, 1.165) is 18.2 Å². The molecule has 1 N–H and O–H groups in total. The molecule has 0 saturated heterocycles. The first kappa shape index (κ1) is 11.4. The molecule has 0 atom stereocenters. The van der Waals surface area contributed by atoms with E-state index in [9.17, 15) is 14.0 Å². The summed E-state index contributed by atoms with van der Waals surface area (Å²) in [7, 11) is 0. The second kappa shape index (κ2) is 4.21. The Bertz CT molecular complexity index is 410. The molecular formula is C11H11FO3. The van der Waals surface area contributed by atoms with Gasteiger partial charge < -0.3 is 5.11 Å². The quantitative estimate of drug-likeness (QED) is 0.779. The number of ketones is 1. The van der Waals surface area contributed by atoms with Crippen LogP contribution in [0.5, 0.6) is 0 Å². The average molecular weight is 210 g/mol. The number of carboxylic acid groups (broad SMARTS) is 1. The van der Waals surface area contributed by atoms with Crippen molar-refractivity contribution in [2.24, 2.45) is 5.92 Å². The van der Waals surface area contributed by atoms with Crippen LogP contribution in [0.1, 0.15) is 34.6 Å². The number of rotatable bonds is 3. The first-order valence-corrected chi connectivity index (χ1v) is 4.50. The summed E-state index contributed by atoms with van der Waals surface area (Å²) in [6.07, 6.45) is 0. The van der Waals surface area contributed by atoms with Gasteiger partial charge in [0.1, 0.15) is 5.82 Å². The molecule has 0 aliphatic heterocycles. The third kappa shape index (κ3) is 2.40. The summed E-state index contributed by atoms with van der Waals surface area (Å²) in [5.41, 5.74) is -0.229. The van der Waals surface area contributed by atoms with Gasteiger partial charge in [-0.3, -0.25) is 4.79 Å². The van der Waals surface area contributed by atoms with Crippen molar-refractivity contribution in [2.75, 3.05) is 0 Å². The second-order valence-corrected chi connectivity index (χ2v) is 3.51. The molecular weight excluding hydrogens is 199 g/mol. The number of halogens is 1. The van der Waals surface area contributed by atoms with Crippen LogP contribution in [-0.4, -0.2) is 16.9 Å². The maximum atomic E-state index is 12.9. The van der Waals surface area contributed by atoms with Crippen LogP contribution in [0.3, 0.4) is 0 Å². The summed E-state index contributed by atoms with van der Waals surface area (Å²) in [4.78, 5) is 22.4. The van der Waals surface area contributed by atoms with Crippen molar-refractivity contribution in [3.05, 3.63) is 35.1 Å². The van der Waals surface area contributed by atoms with E-state index >= 15 is 0 Å². The fourth-order valence-electron chi connectivity index (χ4n) is 1.22. The lowest BCUT2D eigenvalue weighted by Crippen LogP contribution is -2.13. The smallest absolute Gasteiger partial charge is 0.336 e. The molecule has 0 amide bonds. The normalized spacial score (nSPS) is 10.4. The highest BCUT2D eigenvalue weighted by Crippen LogP contribution is 2.16. The number of Topliss-reactive ketones (excluding diaryl/α,β-unsaturated/α-hetero) is 1. The molecule has 1 aromatic carbocycles. The molecule has 0 aromatic heterocycles. The topological polar surface area (TPSA) is 54.4 Å². The van der Waals surface area contributed by atoms with E-state index in [4.69, 9.17) is 5.11 Å². The minimum absolute atomic E-state index is 0.0718. The number of carbonyl (C=O) groups is 2. The monoisotopic (exact) mass is 210 g/mol. The lowest BCUT2D eigenvalue weighted by molar-refractivity contribution is 0.0690. The van der Waals surface area contributed by atoms with Crippen molar-refractivity contribution in [1.82, 2.24) is 0 Å². The van der Waals surface area contributed by atoms with Gasteiger partial charge in [-0.15, -0.1) is 0 Å². The van der Waals surface area contributed by atoms with Crippen LogP contribution in [0.25, 0.3) is 0 Å². The number of hydrogen-bond donors (Lipinski definition) is 1. The fraction of sp³-hybridized carbons (Fsp3) is 0.273. The SMILES string of the molecule is CC(C)C(=O)c1cc(F)ccc1C(=O)O. The minimum atomic E-state index is -1.22. The standard InChI is InChI=1S/C11H11FO3/c1-6(2)10(13)9-5-7(12)3-4-8(9)11(14)15/h3-6H,1-2H3,(H,14,15). The molecule has 80 valence electrons. The van der Waals surface area contributed by atoms with E-state index in [-0.39, 0.29) is 22.8 Å². The molecule has 0 aliphatic rings. The largest absolute Gasteiger partial charge is 0.478 e. The van der Waals surface area contributed by atoms with Crippen LogP contribution in [-0.2, 0) is 0 Å². The zero-order chi connectivity index (χ0) is 11.6. The molecule has 0 radical (unpaired) electrons. The molecule has 3 nitrogen and oxygen atoms in total. The van der Waals surface area contributed by atoms with E-state index in [1.54, 1.807) is 13.8 Å². The highest BCUT2D eigenvalue weighted by Gasteiger charge is 2.19. The Kier molecular flexibility index (Phi) is 3.19. The van der Waals surface area contributed by atoms with Crippen LogP contribution in [0, 0.1) is 11.7 Å². The van der Waals surface area contributed by atoms with Gasteiger partial charge in [0.25, 0.3) is 0 Å². The summed E-state index contributed by atoms with van der Waals surface area (Å²) in [5.74, 6) is -2.56. The second-order valence-electron chi connectivity index (χ2n) is 3.51. The Labute approximate surface area is 86.5 Å². The molecule has 4 heteroatoms. The van der Waals surface area contributed by atoms with Gasteiger partial charge >= 0.3 is 5.97 Å². The number of aromatic carboxylic acids is 1. The zero-order valence-electron chi connectivity index (χ0n) is 8.45. The first-order valence-electron chi connectivity index (χ1n) is 4.50. The van der Waals surface area contributed by atoms with E-state index < -0.39 is 11.8 Å². The highest BCUT2D eigenvalue weighted by molar-refractivity contribution is 6.06. The summed E-state index contributed by atoms with van der Waals surface area (Å²) >= 11 is 0. The zero-order valence-corrected chi connectivity index (χ0v) is 8.45. The number of benzene rings is 1. The van der Waals surface area contributed by atoms with Crippen LogP contribution >= 0.6 is 0 Å². The molecule has 0 saturated carbocycles. The van der Waals surface area contributed by atoms with Crippen LogP contribution < -0.4 is 0 Å². The third-order valence-electron chi connectivity index (χ3n) is 2.00. The predicted octanol–water partition coefficient (Wildman–Crippen LogP) is 2.36. The molecule has 0 aliphatic carbocycles. The minimum Gasteiger partial charge on any atom is -0.478 e. The third-order valence-corrected chi connectivity index (χ3v) is 2.00. The van der Waals surface area contributed by atoms with Gasteiger partial charge in [0.05, 0.1) is 5.56 Å². The molecule has 0 spiro atoms. The van der Waals surface area contributed by atoms with Crippen molar-refractivity contribution in [3.8, 4) is 0 Å². The Hall–Kier alpha value is -1.71. The lowest BCUT2D eigenvalue weighted by Gasteiger charge is -2.07. The number of hydrogen-bond acceptors (Lipinski definition) is 2. The fourth-order valence-corrected chi connectivity index (χ4v) is 1.22. The van der Waals surface area contributed by atoms with Crippen molar-refractivity contribution in [2.45, 2.75) is 13.8 Å². The van der Waals surface area contributed by atoms with E-state index in [1.165, 1.54) is 0 Å². The highest BCUT2D eigenvalue weighted by atomic mass is 19.1. The van der Waals surface area contributed by atoms with Gasteiger partial charge in [-0.25, -0.2) is 9.18 Å². The maximum absolute atomic E-state index is 12.9. The van der Waals surface area contributed by atoms with Gasteiger partial charge in [-0.2, -0.15) is 0 Å². The summed E-state index contributed by atoms with van der Waals surface area (Å²) < 4.78 is 12.9. The molecule has 0 unspecified atom stereocenters. The van der Waals surface area contributed by atoms with Gasteiger partial charge in [-0.05, 0) is 18.2 Å². The van der Waals surface area contributed by atoms with Gasteiger partial charge in [-0.1, -0.05) is 13.8 Å². The first-order chi connectivity index (χ1) is 6.93. The van der Waals surface area contributed by atoms with Gasteiger partial charge in [0.2, 0.25) is 0 Å². The lowest BCUT2D eigenvalue weighted by atomic mass is 9.96. The maximum Gasteiger partial charge on any atom is 0.336 e. The average Bonchev–Trinajstić information content (AvgIpc) is 2.15. The molecule has 0 fully saturated rings. The Morgan fingerprint density at radius 2 is 1.87 bits per heavy atom. The van der Waals surface area contributed by atoms with Crippen molar-refractivity contribution >= 4 is 11.8 Å². The van der Waals surface area contributed by atoms with Gasteiger partial charge in [0, 0.05) is 11.5 Å². The molecule has 0 bridgehead atoms. The van der Waals surface area contributed by atoms with E-state index in [2.05, 4.69) is 0 Å². The molecule has 15 heavy (non-hydrogen) atoms. The summed E-state index contributed by atoms with van der Waals surface area (Å²) in [5, 5.41) is 8.81. The number of carboxylic acids is 1. The van der Waals surface area contributed by atoms with Crippen LogP contribution in [0.15, 0.2) is 18.2 Å². The van der Waals surface area contributed by atoms with E-state index in [0.29, 0.717) is 0 Å². The molecule has 1 rings (SSSR count). The number of carbonyl (C=O) groups excluding carboxylic acids is 1. The van der Waals surface area contributed by atoms with Crippen molar-refractivity contribution in [3.63, 3.8) is 0 Å². The molecule has 0 heterocycles. The Balaban J connectivity index is 3.30. The van der Waals surface area contributed by atoms with E-state index in [1.807, 2.05) is 0 Å². The van der Waals surface area contributed by atoms with Crippen molar-refractivity contribution in [1.29, 1.82) is 0 Å². The Morgan fingerprint density at radius 3 is 2.33 bits per heavy atom. The van der Waals surface area contributed by atoms with Crippen molar-refractivity contribution < 1.29 is 19.1 Å². The van der Waals surface area contributed by atoms with Crippen LogP contribution in [0.2, 0.25) is 0 Å². The van der Waals surface area contributed by atoms with Gasteiger partial charge in [0.15, 0.2) is 5.78 Å². The molecule has 1 aromatic rings.